The number of carbonyl (C=O) groups excluding carboxylic acids is 1. The Bertz CT molecular complexity index is 978. The van der Waals surface area contributed by atoms with E-state index in [0.29, 0.717) is 5.57 Å². The Morgan fingerprint density at radius 1 is 1.28 bits per heavy atom. The minimum absolute atomic E-state index is 0.0550. The highest BCUT2D eigenvalue weighted by Crippen LogP contribution is 2.37. The topological polar surface area (TPSA) is 35.6 Å². The maximum absolute atomic E-state index is 11.7. The summed E-state index contributed by atoms with van der Waals surface area (Å²) >= 11 is 0. The number of nitrogens with zero attached hydrogens (tertiary/aromatic N) is 2. The van der Waals surface area contributed by atoms with Gasteiger partial charge in [0.05, 0.1) is 6.04 Å². The molecule has 0 aliphatic carbocycles. The second kappa shape index (κ2) is 8.26. The summed E-state index contributed by atoms with van der Waals surface area (Å²) in [5, 5.41) is 2.03. The Morgan fingerprint density at radius 2 is 2.00 bits per heavy atom. The van der Waals surface area contributed by atoms with Crippen LogP contribution in [0.5, 0.6) is 0 Å². The SMILES string of the molecule is C=C1C=C(C(C)=O)C=CN1/C(C)=C(\CC)c1c(C)cccc1C1=CN(C)NC1C. The first-order valence-corrected chi connectivity index (χ1v) is 10.1. The van der Waals surface area contributed by atoms with Gasteiger partial charge in [0.1, 0.15) is 0 Å². The smallest absolute Gasteiger partial charge is 0.159 e. The fourth-order valence-corrected chi connectivity index (χ4v) is 4.20. The minimum Gasteiger partial charge on any atom is -0.321 e. The van der Waals surface area contributed by atoms with Crippen molar-refractivity contribution in [1.29, 1.82) is 0 Å². The average molecular weight is 390 g/mol. The highest BCUT2D eigenvalue weighted by Gasteiger charge is 2.24. The second-order valence-electron chi connectivity index (χ2n) is 7.79. The van der Waals surface area contributed by atoms with Crippen LogP contribution < -0.4 is 5.43 Å². The Hall–Kier alpha value is -2.85. The van der Waals surface area contributed by atoms with E-state index < -0.39 is 0 Å². The molecule has 0 saturated heterocycles. The summed E-state index contributed by atoms with van der Waals surface area (Å²) in [5.41, 5.74) is 12.4. The fraction of sp³-hybridized carbons (Fsp3) is 0.320. The molecule has 0 fully saturated rings. The van der Waals surface area contributed by atoms with Crippen LogP contribution in [0.15, 0.2) is 66.3 Å². The van der Waals surface area contributed by atoms with Crippen LogP contribution in [-0.2, 0) is 4.79 Å². The van der Waals surface area contributed by atoms with E-state index in [-0.39, 0.29) is 11.8 Å². The molecule has 0 aromatic heterocycles. The number of carbonyl (C=O) groups is 1. The summed E-state index contributed by atoms with van der Waals surface area (Å²) in [6.07, 6.45) is 8.75. The van der Waals surface area contributed by atoms with E-state index in [1.54, 1.807) is 6.92 Å². The zero-order valence-electron chi connectivity index (χ0n) is 18.3. The zero-order chi connectivity index (χ0) is 21.3. The molecule has 0 saturated carbocycles. The molecule has 2 aliphatic heterocycles. The number of benzene rings is 1. The summed E-state index contributed by atoms with van der Waals surface area (Å²) in [5.74, 6) is 0.0550. The van der Waals surface area contributed by atoms with Gasteiger partial charge in [-0.2, -0.15) is 0 Å². The largest absolute Gasteiger partial charge is 0.321 e. The van der Waals surface area contributed by atoms with Crippen molar-refractivity contribution in [2.75, 3.05) is 7.05 Å². The van der Waals surface area contributed by atoms with Crippen LogP contribution >= 0.6 is 0 Å². The molecule has 3 rings (SSSR count). The van der Waals surface area contributed by atoms with Crippen LogP contribution in [0.1, 0.15) is 50.8 Å². The van der Waals surface area contributed by atoms with Crippen molar-refractivity contribution in [3.63, 3.8) is 0 Å². The molecule has 1 unspecified atom stereocenters. The van der Waals surface area contributed by atoms with E-state index in [1.165, 1.54) is 27.8 Å². The number of allylic oxidation sites excluding steroid dienone is 5. The molecule has 2 heterocycles. The zero-order valence-corrected chi connectivity index (χ0v) is 18.3. The normalized spacial score (nSPS) is 19.9. The Kier molecular flexibility index (Phi) is 5.94. The van der Waals surface area contributed by atoms with Crippen LogP contribution in [0.25, 0.3) is 11.1 Å². The molecule has 4 heteroatoms. The van der Waals surface area contributed by atoms with Crippen LogP contribution in [-0.4, -0.2) is 28.8 Å². The third-order valence-corrected chi connectivity index (χ3v) is 5.67. The van der Waals surface area contributed by atoms with E-state index in [1.807, 2.05) is 30.4 Å². The van der Waals surface area contributed by atoms with Crippen LogP contribution in [0.4, 0.5) is 0 Å². The lowest BCUT2D eigenvalue weighted by Crippen LogP contribution is -2.30. The lowest BCUT2D eigenvalue weighted by molar-refractivity contribution is -0.113. The van der Waals surface area contributed by atoms with Gasteiger partial charge in [0.25, 0.3) is 0 Å². The Balaban J connectivity index is 2.12. The number of hydrogen-bond donors (Lipinski definition) is 1. The van der Waals surface area contributed by atoms with Crippen LogP contribution in [0.3, 0.4) is 0 Å². The molecule has 29 heavy (non-hydrogen) atoms. The molecular formula is C25H31N3O. The summed E-state index contributed by atoms with van der Waals surface area (Å²) in [7, 11) is 2.03. The van der Waals surface area contributed by atoms with E-state index in [2.05, 4.69) is 69.0 Å². The van der Waals surface area contributed by atoms with E-state index in [4.69, 9.17) is 0 Å². The van der Waals surface area contributed by atoms with Crippen molar-refractivity contribution >= 4 is 16.9 Å². The van der Waals surface area contributed by atoms with Gasteiger partial charge in [-0.05, 0) is 74.1 Å². The van der Waals surface area contributed by atoms with Crippen LogP contribution in [0.2, 0.25) is 0 Å². The first-order valence-electron chi connectivity index (χ1n) is 10.1. The number of ketones is 1. The van der Waals surface area contributed by atoms with E-state index in [0.717, 1.165) is 17.8 Å². The van der Waals surface area contributed by atoms with Crippen molar-refractivity contribution in [3.05, 3.63) is 83.0 Å². The van der Waals surface area contributed by atoms with Crippen molar-refractivity contribution < 1.29 is 4.79 Å². The van der Waals surface area contributed by atoms with Gasteiger partial charge in [-0.25, -0.2) is 5.43 Å². The fourth-order valence-electron chi connectivity index (χ4n) is 4.20. The molecule has 0 radical (unpaired) electrons. The Morgan fingerprint density at radius 3 is 2.55 bits per heavy atom. The highest BCUT2D eigenvalue weighted by molar-refractivity contribution is 5.97. The van der Waals surface area contributed by atoms with E-state index >= 15 is 0 Å². The predicted octanol–water partition coefficient (Wildman–Crippen LogP) is 5.17. The molecule has 1 aromatic rings. The second-order valence-corrected chi connectivity index (χ2v) is 7.79. The standard InChI is InChI=1S/C25H31N3O/c1-8-22(19(5)28-13-12-21(20(6)29)14-17(28)3)25-16(2)10-9-11-23(25)24-15-27(7)26-18(24)4/h9-15,18,26H,3,8H2,1-2,4-7H3/b22-19+. The molecule has 1 N–H and O–H groups in total. The van der Waals surface area contributed by atoms with Gasteiger partial charge in [-0.1, -0.05) is 31.7 Å². The number of nitrogens with one attached hydrogen (secondary N) is 1. The van der Waals surface area contributed by atoms with Gasteiger partial charge < -0.3 is 9.91 Å². The molecule has 2 aliphatic rings. The lowest BCUT2D eigenvalue weighted by atomic mass is 9.87. The molecule has 0 spiro atoms. The molecule has 1 atom stereocenters. The van der Waals surface area contributed by atoms with Gasteiger partial charge in [-0.3, -0.25) is 4.79 Å². The first kappa shape index (κ1) is 20.9. The van der Waals surface area contributed by atoms with E-state index in [9.17, 15) is 4.79 Å². The summed E-state index contributed by atoms with van der Waals surface area (Å²) in [4.78, 5) is 13.8. The maximum atomic E-state index is 11.7. The number of Topliss-reactive ketones (excluding diaryl/α,β-unsaturated/α-hetero) is 1. The van der Waals surface area contributed by atoms with Crippen molar-refractivity contribution in [2.24, 2.45) is 0 Å². The molecule has 0 bridgehead atoms. The quantitative estimate of drug-likeness (QED) is 0.753. The third kappa shape index (κ3) is 3.99. The highest BCUT2D eigenvalue weighted by atomic mass is 16.1. The van der Waals surface area contributed by atoms with Crippen LogP contribution in [0, 0.1) is 6.92 Å². The van der Waals surface area contributed by atoms with Gasteiger partial charge in [0.15, 0.2) is 5.78 Å². The van der Waals surface area contributed by atoms with Gasteiger partial charge >= 0.3 is 0 Å². The maximum Gasteiger partial charge on any atom is 0.159 e. The summed E-state index contributed by atoms with van der Waals surface area (Å²) < 4.78 is 0. The number of aryl methyl sites for hydroxylation is 1. The van der Waals surface area contributed by atoms with Crippen molar-refractivity contribution in [1.82, 2.24) is 15.3 Å². The van der Waals surface area contributed by atoms with Crippen molar-refractivity contribution in [3.8, 4) is 0 Å². The van der Waals surface area contributed by atoms with Gasteiger partial charge in [0.2, 0.25) is 0 Å². The predicted molar refractivity (Wildman–Crippen MR) is 121 cm³/mol. The number of rotatable bonds is 5. The van der Waals surface area contributed by atoms with Gasteiger partial charge in [0, 0.05) is 36.4 Å². The molecule has 1 aromatic carbocycles. The van der Waals surface area contributed by atoms with Crippen molar-refractivity contribution in [2.45, 2.75) is 47.1 Å². The third-order valence-electron chi connectivity index (χ3n) is 5.67. The number of hydrazine groups is 1. The summed E-state index contributed by atoms with van der Waals surface area (Å²) in [6.45, 7) is 14.5. The monoisotopic (exact) mass is 389 g/mol. The lowest BCUT2D eigenvalue weighted by Gasteiger charge is -2.29. The average Bonchev–Trinajstić information content (AvgIpc) is 3.01. The molecule has 4 nitrogen and oxygen atoms in total. The number of hydrogen-bond acceptors (Lipinski definition) is 4. The molecule has 152 valence electrons. The first-order chi connectivity index (χ1) is 13.7. The summed E-state index contributed by atoms with van der Waals surface area (Å²) in [6, 6.07) is 6.77. The molecular weight excluding hydrogens is 358 g/mol. The molecule has 0 amide bonds. The Labute approximate surface area is 174 Å². The van der Waals surface area contributed by atoms with Gasteiger partial charge in [-0.15, -0.1) is 0 Å². The minimum atomic E-state index is 0.0550.